The standard InChI is InChI=1S/C18H19ClFNO3/c1-11-4-6-14(19)17(8-11)24-10-18(22)21-12(2)13-5-7-16(23-3)15(20)9-13/h4-9,12H,10H2,1-3H3,(H,21,22)/t12-/m0/s1. The molecule has 2 aromatic carbocycles. The molecule has 1 N–H and O–H groups in total. The summed E-state index contributed by atoms with van der Waals surface area (Å²) in [6, 6.07) is 9.53. The highest BCUT2D eigenvalue weighted by Gasteiger charge is 2.13. The second-order valence-electron chi connectivity index (χ2n) is 5.41. The Morgan fingerprint density at radius 3 is 2.67 bits per heavy atom. The monoisotopic (exact) mass is 351 g/mol. The quantitative estimate of drug-likeness (QED) is 0.854. The van der Waals surface area contributed by atoms with Crippen LogP contribution in [0.25, 0.3) is 0 Å². The average Bonchev–Trinajstić information content (AvgIpc) is 2.55. The molecule has 2 rings (SSSR count). The molecule has 0 spiro atoms. The van der Waals surface area contributed by atoms with Gasteiger partial charge in [-0.15, -0.1) is 0 Å². The summed E-state index contributed by atoms with van der Waals surface area (Å²) in [5, 5.41) is 3.19. The van der Waals surface area contributed by atoms with Crippen molar-refractivity contribution in [1.82, 2.24) is 5.32 Å². The van der Waals surface area contributed by atoms with Gasteiger partial charge in [-0.3, -0.25) is 4.79 Å². The predicted octanol–water partition coefficient (Wildman–Crippen LogP) is 4.05. The number of hydrogen-bond acceptors (Lipinski definition) is 3. The van der Waals surface area contributed by atoms with Crippen LogP contribution >= 0.6 is 11.6 Å². The van der Waals surface area contributed by atoms with Gasteiger partial charge in [0.15, 0.2) is 18.2 Å². The molecule has 6 heteroatoms. The van der Waals surface area contributed by atoms with Crippen LogP contribution < -0.4 is 14.8 Å². The van der Waals surface area contributed by atoms with E-state index in [2.05, 4.69) is 5.32 Å². The van der Waals surface area contributed by atoms with Crippen LogP contribution in [-0.2, 0) is 4.79 Å². The number of benzene rings is 2. The van der Waals surface area contributed by atoms with E-state index >= 15 is 0 Å². The maximum absolute atomic E-state index is 13.7. The maximum Gasteiger partial charge on any atom is 0.258 e. The van der Waals surface area contributed by atoms with Crippen LogP contribution in [0.2, 0.25) is 5.02 Å². The van der Waals surface area contributed by atoms with E-state index in [1.165, 1.54) is 19.2 Å². The third-order valence-electron chi connectivity index (χ3n) is 3.50. The molecule has 4 nitrogen and oxygen atoms in total. The molecule has 0 saturated heterocycles. The van der Waals surface area contributed by atoms with E-state index in [-0.39, 0.29) is 24.3 Å². The van der Waals surface area contributed by atoms with Crippen LogP contribution in [0.3, 0.4) is 0 Å². The lowest BCUT2D eigenvalue weighted by molar-refractivity contribution is -0.123. The largest absolute Gasteiger partial charge is 0.494 e. The number of hydrogen-bond donors (Lipinski definition) is 1. The summed E-state index contributed by atoms with van der Waals surface area (Å²) in [6.07, 6.45) is 0. The number of carbonyl (C=O) groups is 1. The van der Waals surface area contributed by atoms with Crippen molar-refractivity contribution >= 4 is 17.5 Å². The highest BCUT2D eigenvalue weighted by molar-refractivity contribution is 6.32. The van der Waals surface area contributed by atoms with Gasteiger partial charge in [0.05, 0.1) is 18.2 Å². The summed E-state index contributed by atoms with van der Waals surface area (Å²) >= 11 is 6.02. The molecule has 0 bridgehead atoms. The lowest BCUT2D eigenvalue weighted by atomic mass is 10.1. The molecule has 24 heavy (non-hydrogen) atoms. The summed E-state index contributed by atoms with van der Waals surface area (Å²) in [5.74, 6) is -0.181. The molecule has 0 fully saturated rings. The van der Waals surface area contributed by atoms with Crippen LogP contribution in [0.15, 0.2) is 36.4 Å². The van der Waals surface area contributed by atoms with Gasteiger partial charge in [-0.05, 0) is 49.2 Å². The Kier molecular flexibility index (Phi) is 6.04. The van der Waals surface area contributed by atoms with Crippen LogP contribution in [-0.4, -0.2) is 19.6 Å². The first-order valence-corrected chi connectivity index (χ1v) is 7.80. The van der Waals surface area contributed by atoms with E-state index in [9.17, 15) is 9.18 Å². The van der Waals surface area contributed by atoms with Crippen LogP contribution in [0, 0.1) is 12.7 Å². The van der Waals surface area contributed by atoms with E-state index in [4.69, 9.17) is 21.1 Å². The minimum absolute atomic E-state index is 0.162. The molecule has 128 valence electrons. The smallest absolute Gasteiger partial charge is 0.258 e. The van der Waals surface area contributed by atoms with E-state index in [0.717, 1.165) is 5.56 Å². The minimum atomic E-state index is -0.473. The van der Waals surface area contributed by atoms with Crippen molar-refractivity contribution in [3.05, 3.63) is 58.4 Å². The third kappa shape index (κ3) is 4.61. The van der Waals surface area contributed by atoms with Crippen LogP contribution in [0.5, 0.6) is 11.5 Å². The Morgan fingerprint density at radius 2 is 2.00 bits per heavy atom. The molecule has 1 amide bonds. The highest BCUT2D eigenvalue weighted by Crippen LogP contribution is 2.25. The molecule has 0 aliphatic heterocycles. The van der Waals surface area contributed by atoms with Crippen molar-refractivity contribution in [2.75, 3.05) is 13.7 Å². The lowest BCUT2D eigenvalue weighted by Gasteiger charge is -2.16. The average molecular weight is 352 g/mol. The minimum Gasteiger partial charge on any atom is -0.494 e. The highest BCUT2D eigenvalue weighted by atomic mass is 35.5. The first-order chi connectivity index (χ1) is 11.4. The zero-order valence-corrected chi connectivity index (χ0v) is 14.5. The van der Waals surface area contributed by atoms with Crippen molar-refractivity contribution in [1.29, 1.82) is 0 Å². The van der Waals surface area contributed by atoms with Gasteiger partial charge < -0.3 is 14.8 Å². The SMILES string of the molecule is COc1ccc([C@H](C)NC(=O)COc2cc(C)ccc2Cl)cc1F. The first kappa shape index (κ1) is 18.1. The molecular formula is C18H19ClFNO3. The Bertz CT molecular complexity index is 736. The van der Waals surface area contributed by atoms with E-state index in [1.807, 2.05) is 13.0 Å². The zero-order chi connectivity index (χ0) is 17.7. The number of methoxy groups -OCH3 is 1. The van der Waals surface area contributed by atoms with E-state index < -0.39 is 5.82 Å². The number of halogens is 2. The number of ether oxygens (including phenoxy) is 2. The molecule has 0 saturated carbocycles. The van der Waals surface area contributed by atoms with E-state index in [0.29, 0.717) is 16.3 Å². The van der Waals surface area contributed by atoms with Gasteiger partial charge in [-0.1, -0.05) is 23.7 Å². The normalized spacial score (nSPS) is 11.7. The molecule has 2 aromatic rings. The molecule has 0 aliphatic carbocycles. The van der Waals surface area contributed by atoms with Gasteiger partial charge in [-0.25, -0.2) is 4.39 Å². The van der Waals surface area contributed by atoms with Gasteiger partial charge in [0.1, 0.15) is 5.75 Å². The number of rotatable bonds is 6. The Balaban J connectivity index is 1.94. The molecule has 0 aromatic heterocycles. The molecule has 1 atom stereocenters. The van der Waals surface area contributed by atoms with Crippen molar-refractivity contribution in [3.63, 3.8) is 0 Å². The maximum atomic E-state index is 13.7. The second-order valence-corrected chi connectivity index (χ2v) is 5.81. The molecule has 0 radical (unpaired) electrons. The topological polar surface area (TPSA) is 47.6 Å². The van der Waals surface area contributed by atoms with E-state index in [1.54, 1.807) is 25.1 Å². The summed E-state index contributed by atoms with van der Waals surface area (Å²) in [7, 11) is 1.40. The lowest BCUT2D eigenvalue weighted by Crippen LogP contribution is -2.31. The van der Waals surface area contributed by atoms with Gasteiger partial charge in [0.25, 0.3) is 5.91 Å². The van der Waals surface area contributed by atoms with Crippen molar-refractivity contribution in [2.45, 2.75) is 19.9 Å². The van der Waals surface area contributed by atoms with Gasteiger partial charge >= 0.3 is 0 Å². The summed E-state index contributed by atoms with van der Waals surface area (Å²) in [6.45, 7) is 3.49. The Hall–Kier alpha value is -2.27. The fraction of sp³-hybridized carbons (Fsp3) is 0.278. The Morgan fingerprint density at radius 1 is 1.25 bits per heavy atom. The molecule has 0 aliphatic rings. The number of aryl methyl sites for hydroxylation is 1. The second kappa shape index (κ2) is 8.02. The number of carbonyl (C=O) groups excluding carboxylic acids is 1. The fourth-order valence-electron chi connectivity index (χ4n) is 2.18. The number of nitrogens with one attached hydrogen (secondary N) is 1. The van der Waals surface area contributed by atoms with Gasteiger partial charge in [0, 0.05) is 0 Å². The van der Waals surface area contributed by atoms with Crippen LogP contribution in [0.1, 0.15) is 24.1 Å². The molecular weight excluding hydrogens is 333 g/mol. The van der Waals surface area contributed by atoms with Crippen molar-refractivity contribution in [2.24, 2.45) is 0 Å². The summed E-state index contributed by atoms with van der Waals surface area (Å²) < 4.78 is 24.0. The zero-order valence-electron chi connectivity index (χ0n) is 13.7. The number of amides is 1. The first-order valence-electron chi connectivity index (χ1n) is 7.42. The third-order valence-corrected chi connectivity index (χ3v) is 3.81. The predicted molar refractivity (Wildman–Crippen MR) is 91.2 cm³/mol. The van der Waals surface area contributed by atoms with Crippen molar-refractivity contribution < 1.29 is 18.7 Å². The van der Waals surface area contributed by atoms with Gasteiger partial charge in [0.2, 0.25) is 0 Å². The molecule has 0 heterocycles. The van der Waals surface area contributed by atoms with Crippen LogP contribution in [0.4, 0.5) is 4.39 Å². The molecule has 0 unspecified atom stereocenters. The fourth-order valence-corrected chi connectivity index (χ4v) is 2.36. The van der Waals surface area contributed by atoms with Crippen molar-refractivity contribution in [3.8, 4) is 11.5 Å². The van der Waals surface area contributed by atoms with Gasteiger partial charge in [-0.2, -0.15) is 0 Å². The Labute approximate surface area is 145 Å². The summed E-state index contributed by atoms with van der Waals surface area (Å²) in [4.78, 5) is 12.0. The summed E-state index contributed by atoms with van der Waals surface area (Å²) in [5.41, 5.74) is 1.62.